The van der Waals surface area contributed by atoms with Crippen LogP contribution in [0.4, 0.5) is 0 Å². The lowest BCUT2D eigenvalue weighted by molar-refractivity contribution is 0.0701. The summed E-state index contributed by atoms with van der Waals surface area (Å²) in [4.78, 5) is 31.1. The van der Waals surface area contributed by atoms with E-state index in [1.807, 2.05) is 6.07 Å². The fourth-order valence-corrected chi connectivity index (χ4v) is 3.60. The van der Waals surface area contributed by atoms with Crippen LogP contribution < -0.4 is 15.0 Å². The van der Waals surface area contributed by atoms with Crippen LogP contribution in [-0.4, -0.2) is 35.3 Å². The van der Waals surface area contributed by atoms with Gasteiger partial charge >= 0.3 is 5.97 Å². The van der Waals surface area contributed by atoms with Crippen LogP contribution in [0.1, 0.15) is 26.6 Å². The summed E-state index contributed by atoms with van der Waals surface area (Å²) in [6, 6.07) is 5.41. The average Bonchev–Trinajstić information content (AvgIpc) is 2.97. The molecule has 0 atom stereocenters. The SMILES string of the molecule is COc1ccc(/C=C/c2nc3sc(C(=O)O)c(C)c3c(=O)[nH]2)cc1OC. The number of carboxylic acid groups (broad SMARTS) is 1. The summed E-state index contributed by atoms with van der Waals surface area (Å²) in [5.74, 6) is 0.488. The maximum atomic E-state index is 12.3. The van der Waals surface area contributed by atoms with Gasteiger partial charge in [-0.3, -0.25) is 4.79 Å². The molecule has 1 aromatic carbocycles. The molecule has 0 aliphatic rings. The summed E-state index contributed by atoms with van der Waals surface area (Å²) in [5, 5.41) is 9.52. The predicted octanol–water partition coefficient (Wildman–Crippen LogP) is 3.18. The summed E-state index contributed by atoms with van der Waals surface area (Å²) < 4.78 is 10.5. The quantitative estimate of drug-likeness (QED) is 0.713. The predicted molar refractivity (Wildman–Crippen MR) is 100 cm³/mol. The standard InChI is InChI=1S/C18H16N2O5S/c1-9-14-16(21)19-13(20-17(14)26-15(9)18(22)23)7-5-10-4-6-11(24-2)12(8-10)25-3/h4-8H,1-3H3,(H,22,23)(H,19,20,21)/b7-5+. The molecule has 2 N–H and O–H groups in total. The van der Waals surface area contributed by atoms with Gasteiger partial charge in [0.25, 0.3) is 5.56 Å². The Hall–Kier alpha value is -3.13. The monoisotopic (exact) mass is 372 g/mol. The molecule has 0 aliphatic heterocycles. The number of hydrogen-bond donors (Lipinski definition) is 2. The molecule has 0 spiro atoms. The maximum absolute atomic E-state index is 12.3. The summed E-state index contributed by atoms with van der Waals surface area (Å²) in [5.41, 5.74) is 0.906. The summed E-state index contributed by atoms with van der Waals surface area (Å²) in [6.07, 6.45) is 3.42. The number of hydrogen-bond acceptors (Lipinski definition) is 6. The first kappa shape index (κ1) is 17.7. The molecule has 7 nitrogen and oxygen atoms in total. The Morgan fingerprint density at radius 1 is 1.23 bits per heavy atom. The van der Waals surface area contributed by atoms with Crippen molar-refractivity contribution in [1.82, 2.24) is 9.97 Å². The molecule has 3 aromatic rings. The highest BCUT2D eigenvalue weighted by atomic mass is 32.1. The minimum atomic E-state index is -1.06. The first-order valence-electron chi connectivity index (χ1n) is 7.61. The Morgan fingerprint density at radius 2 is 1.96 bits per heavy atom. The molecule has 2 heterocycles. The molecular formula is C18H16N2O5S. The highest BCUT2D eigenvalue weighted by Gasteiger charge is 2.18. The zero-order valence-electron chi connectivity index (χ0n) is 14.3. The largest absolute Gasteiger partial charge is 0.493 e. The number of ether oxygens (including phenoxy) is 2. The lowest BCUT2D eigenvalue weighted by Gasteiger charge is -2.07. The van der Waals surface area contributed by atoms with Crippen molar-refractivity contribution in [3.8, 4) is 11.5 Å². The lowest BCUT2D eigenvalue weighted by Crippen LogP contribution is -2.09. The fourth-order valence-electron chi connectivity index (χ4n) is 2.58. The van der Waals surface area contributed by atoms with Gasteiger partial charge in [0.1, 0.15) is 15.5 Å². The van der Waals surface area contributed by atoms with Crippen molar-refractivity contribution in [2.24, 2.45) is 0 Å². The molecule has 134 valence electrons. The molecule has 0 saturated heterocycles. The Bertz CT molecular complexity index is 1080. The van der Waals surface area contributed by atoms with E-state index in [1.165, 1.54) is 0 Å². The van der Waals surface area contributed by atoms with Gasteiger partial charge in [0.05, 0.1) is 19.6 Å². The van der Waals surface area contributed by atoms with Gasteiger partial charge in [-0.2, -0.15) is 0 Å². The van der Waals surface area contributed by atoms with E-state index >= 15 is 0 Å². The van der Waals surface area contributed by atoms with E-state index in [9.17, 15) is 14.7 Å². The van der Waals surface area contributed by atoms with Gasteiger partial charge in [-0.25, -0.2) is 9.78 Å². The van der Waals surface area contributed by atoms with Gasteiger partial charge in [0, 0.05) is 0 Å². The minimum Gasteiger partial charge on any atom is -0.493 e. The minimum absolute atomic E-state index is 0.124. The number of carbonyl (C=O) groups is 1. The van der Waals surface area contributed by atoms with Crippen molar-refractivity contribution >= 4 is 39.7 Å². The van der Waals surface area contributed by atoms with Crippen molar-refractivity contribution in [2.45, 2.75) is 6.92 Å². The molecule has 0 radical (unpaired) electrons. The summed E-state index contributed by atoms with van der Waals surface area (Å²) in [6.45, 7) is 1.61. The van der Waals surface area contributed by atoms with Crippen LogP contribution in [0.15, 0.2) is 23.0 Å². The van der Waals surface area contributed by atoms with E-state index in [1.54, 1.807) is 45.4 Å². The molecule has 2 aromatic heterocycles. The number of methoxy groups -OCH3 is 2. The second-order valence-electron chi connectivity index (χ2n) is 5.44. The second kappa shape index (κ2) is 7.01. The van der Waals surface area contributed by atoms with E-state index < -0.39 is 5.97 Å². The number of carboxylic acids is 1. The third kappa shape index (κ3) is 3.18. The molecule has 0 aliphatic carbocycles. The van der Waals surface area contributed by atoms with Crippen LogP contribution in [0, 0.1) is 6.92 Å². The van der Waals surface area contributed by atoms with E-state index in [4.69, 9.17) is 9.47 Å². The van der Waals surface area contributed by atoms with Crippen molar-refractivity contribution < 1.29 is 19.4 Å². The van der Waals surface area contributed by atoms with E-state index in [0.29, 0.717) is 33.1 Å². The van der Waals surface area contributed by atoms with Gasteiger partial charge in [-0.15, -0.1) is 11.3 Å². The molecule has 8 heteroatoms. The number of thiophene rings is 1. The number of nitrogens with one attached hydrogen (secondary N) is 1. The molecular weight excluding hydrogens is 356 g/mol. The normalized spacial score (nSPS) is 11.2. The third-order valence-corrected chi connectivity index (χ3v) is 5.03. The molecule has 0 saturated carbocycles. The Balaban J connectivity index is 2.00. The molecule has 0 fully saturated rings. The highest BCUT2D eigenvalue weighted by molar-refractivity contribution is 7.20. The molecule has 0 bridgehead atoms. The van der Waals surface area contributed by atoms with Gasteiger partial charge < -0.3 is 19.6 Å². The Kier molecular flexibility index (Phi) is 4.77. The smallest absolute Gasteiger partial charge is 0.346 e. The van der Waals surface area contributed by atoms with Crippen molar-refractivity contribution in [2.75, 3.05) is 14.2 Å². The van der Waals surface area contributed by atoms with Gasteiger partial charge in [-0.05, 0) is 36.3 Å². The number of aromatic carboxylic acids is 1. The van der Waals surface area contributed by atoms with Crippen LogP contribution in [0.5, 0.6) is 11.5 Å². The lowest BCUT2D eigenvalue weighted by atomic mass is 10.2. The van der Waals surface area contributed by atoms with Gasteiger partial charge in [0.2, 0.25) is 0 Å². The number of H-pyrrole nitrogens is 1. The van der Waals surface area contributed by atoms with Crippen molar-refractivity contribution in [1.29, 1.82) is 0 Å². The van der Waals surface area contributed by atoms with E-state index in [-0.39, 0.29) is 10.4 Å². The first-order chi connectivity index (χ1) is 12.4. The van der Waals surface area contributed by atoms with Crippen LogP contribution >= 0.6 is 11.3 Å². The number of benzene rings is 1. The number of nitrogens with zero attached hydrogens (tertiary/aromatic N) is 1. The van der Waals surface area contributed by atoms with Gasteiger partial charge in [0.15, 0.2) is 11.5 Å². The second-order valence-corrected chi connectivity index (χ2v) is 6.44. The molecule has 3 rings (SSSR count). The van der Waals surface area contributed by atoms with Crippen molar-refractivity contribution in [3.63, 3.8) is 0 Å². The molecule has 0 amide bonds. The topological polar surface area (TPSA) is 102 Å². The number of aromatic nitrogens is 2. The number of rotatable bonds is 5. The fraction of sp³-hybridized carbons (Fsp3) is 0.167. The first-order valence-corrected chi connectivity index (χ1v) is 8.43. The van der Waals surface area contributed by atoms with Crippen LogP contribution in [-0.2, 0) is 0 Å². The summed E-state index contributed by atoms with van der Waals surface area (Å²) >= 11 is 0.992. The van der Waals surface area contributed by atoms with Crippen LogP contribution in [0.3, 0.4) is 0 Å². The maximum Gasteiger partial charge on any atom is 0.346 e. The number of aryl methyl sites for hydroxylation is 1. The molecule has 0 unspecified atom stereocenters. The van der Waals surface area contributed by atoms with Crippen LogP contribution in [0.25, 0.3) is 22.4 Å². The van der Waals surface area contributed by atoms with E-state index in [2.05, 4.69) is 9.97 Å². The van der Waals surface area contributed by atoms with Gasteiger partial charge in [-0.1, -0.05) is 12.1 Å². The summed E-state index contributed by atoms with van der Waals surface area (Å²) in [7, 11) is 3.11. The van der Waals surface area contributed by atoms with E-state index in [0.717, 1.165) is 16.9 Å². The Morgan fingerprint density at radius 3 is 2.62 bits per heavy atom. The van der Waals surface area contributed by atoms with Crippen molar-refractivity contribution in [3.05, 3.63) is 50.4 Å². The van der Waals surface area contributed by atoms with Crippen LogP contribution in [0.2, 0.25) is 0 Å². The zero-order valence-corrected chi connectivity index (χ0v) is 15.1. The average molecular weight is 372 g/mol. The zero-order chi connectivity index (χ0) is 18.8. The molecule has 26 heavy (non-hydrogen) atoms. The Labute approximate surface area is 152 Å². The number of aromatic amines is 1. The number of fused-ring (bicyclic) bond motifs is 1. The third-order valence-electron chi connectivity index (χ3n) is 3.85. The highest BCUT2D eigenvalue weighted by Crippen LogP contribution is 2.29.